The Balaban J connectivity index is 1.86. The zero-order valence-electron chi connectivity index (χ0n) is 14.0. The van der Waals surface area contributed by atoms with Crippen molar-refractivity contribution in [2.45, 2.75) is 19.9 Å². The summed E-state index contributed by atoms with van der Waals surface area (Å²) in [5.74, 6) is -1.68. The van der Waals surface area contributed by atoms with Gasteiger partial charge in [-0.15, -0.1) is 0 Å². The Morgan fingerprint density at radius 2 is 1.64 bits per heavy atom. The van der Waals surface area contributed by atoms with E-state index in [1.54, 1.807) is 36.5 Å². The number of quaternary nitrogens is 1. The summed E-state index contributed by atoms with van der Waals surface area (Å²) in [5.41, 5.74) is 1.57. The van der Waals surface area contributed by atoms with Gasteiger partial charge in [-0.1, -0.05) is 0 Å². The van der Waals surface area contributed by atoms with E-state index in [1.165, 1.54) is 19.1 Å². The lowest BCUT2D eigenvalue weighted by atomic mass is 10.1. The summed E-state index contributed by atoms with van der Waals surface area (Å²) >= 11 is 0. The maximum absolute atomic E-state index is 13.7. The number of anilines is 2. The molecule has 0 aliphatic carbocycles. The summed E-state index contributed by atoms with van der Waals surface area (Å²) in [6, 6.07) is 9.78. The molecule has 0 bridgehead atoms. The van der Waals surface area contributed by atoms with Crippen molar-refractivity contribution in [3.8, 4) is 0 Å². The lowest BCUT2D eigenvalue weighted by Gasteiger charge is -2.12. The van der Waals surface area contributed by atoms with Gasteiger partial charge in [-0.3, -0.25) is 9.59 Å². The number of hydrogen-bond donors (Lipinski definition) is 3. The third kappa shape index (κ3) is 5.65. The van der Waals surface area contributed by atoms with Crippen LogP contribution in [0.4, 0.5) is 20.2 Å². The first kappa shape index (κ1) is 18.5. The number of rotatable bonds is 6. The Labute approximate surface area is 144 Å². The van der Waals surface area contributed by atoms with Gasteiger partial charge in [0.2, 0.25) is 5.91 Å². The minimum absolute atomic E-state index is 0.0887. The molecule has 2 aromatic carbocycles. The highest BCUT2D eigenvalue weighted by Crippen LogP contribution is 2.15. The zero-order valence-corrected chi connectivity index (χ0v) is 14.0. The second kappa shape index (κ2) is 8.34. The van der Waals surface area contributed by atoms with Crippen LogP contribution in [0.3, 0.4) is 0 Å². The predicted molar refractivity (Wildman–Crippen MR) is 90.9 cm³/mol. The van der Waals surface area contributed by atoms with Crippen LogP contribution in [0, 0.1) is 11.6 Å². The molecule has 0 spiro atoms. The second-order valence-electron chi connectivity index (χ2n) is 5.70. The summed E-state index contributed by atoms with van der Waals surface area (Å²) in [6.07, 6.45) is 0. The molecule has 132 valence electrons. The zero-order chi connectivity index (χ0) is 18.4. The van der Waals surface area contributed by atoms with Crippen molar-refractivity contribution < 1.29 is 23.7 Å². The highest BCUT2D eigenvalue weighted by Gasteiger charge is 2.16. The molecule has 7 heteroatoms. The lowest BCUT2D eigenvalue weighted by molar-refractivity contribution is -0.682. The molecular formula is C18H20F2N3O2+. The van der Waals surface area contributed by atoms with Crippen molar-refractivity contribution in [1.29, 1.82) is 0 Å². The molecule has 25 heavy (non-hydrogen) atoms. The van der Waals surface area contributed by atoms with Crippen LogP contribution in [0.2, 0.25) is 0 Å². The fourth-order valence-corrected chi connectivity index (χ4v) is 2.33. The topological polar surface area (TPSA) is 74.8 Å². The maximum atomic E-state index is 13.7. The highest BCUT2D eigenvalue weighted by atomic mass is 19.1. The Morgan fingerprint density at radius 3 is 2.20 bits per heavy atom. The van der Waals surface area contributed by atoms with Crippen molar-refractivity contribution in [2.75, 3.05) is 17.2 Å². The van der Waals surface area contributed by atoms with Crippen molar-refractivity contribution in [1.82, 2.24) is 0 Å². The van der Waals surface area contributed by atoms with E-state index in [-0.39, 0.29) is 24.4 Å². The van der Waals surface area contributed by atoms with Crippen LogP contribution in [0.15, 0.2) is 42.5 Å². The molecular weight excluding hydrogens is 328 g/mol. The summed E-state index contributed by atoms with van der Waals surface area (Å²) in [6.45, 7) is 3.24. The molecule has 0 saturated carbocycles. The number of halogens is 2. The van der Waals surface area contributed by atoms with Crippen molar-refractivity contribution >= 4 is 23.2 Å². The van der Waals surface area contributed by atoms with Crippen LogP contribution in [-0.4, -0.2) is 18.4 Å². The minimum Gasteiger partial charge on any atom is -0.332 e. The number of nitrogens with one attached hydrogen (secondary N) is 2. The van der Waals surface area contributed by atoms with Crippen LogP contribution in [0.5, 0.6) is 0 Å². The predicted octanol–water partition coefficient (Wildman–Crippen LogP) is 2.19. The van der Waals surface area contributed by atoms with Crippen molar-refractivity contribution in [3.63, 3.8) is 0 Å². The smallest absolute Gasteiger partial charge is 0.279 e. The van der Waals surface area contributed by atoms with Crippen LogP contribution in [-0.2, 0) is 9.59 Å². The van der Waals surface area contributed by atoms with Crippen molar-refractivity contribution in [2.24, 2.45) is 0 Å². The maximum Gasteiger partial charge on any atom is 0.279 e. The van der Waals surface area contributed by atoms with Gasteiger partial charge >= 0.3 is 0 Å². The van der Waals surface area contributed by atoms with Gasteiger partial charge in [0.05, 0.1) is 0 Å². The molecule has 0 aliphatic rings. The quantitative estimate of drug-likeness (QED) is 0.749. The molecule has 2 amide bonds. The first-order valence-electron chi connectivity index (χ1n) is 7.81. The molecule has 0 saturated heterocycles. The van der Waals surface area contributed by atoms with Gasteiger partial charge in [0.15, 0.2) is 6.54 Å². The van der Waals surface area contributed by atoms with Crippen LogP contribution >= 0.6 is 0 Å². The van der Waals surface area contributed by atoms with E-state index in [2.05, 4.69) is 10.6 Å². The summed E-state index contributed by atoms with van der Waals surface area (Å²) < 4.78 is 26.6. The van der Waals surface area contributed by atoms with Crippen LogP contribution in [0.25, 0.3) is 0 Å². The van der Waals surface area contributed by atoms with E-state index in [9.17, 15) is 18.4 Å². The molecule has 0 radical (unpaired) electrons. The molecule has 5 nitrogen and oxygen atoms in total. The largest absolute Gasteiger partial charge is 0.332 e. The van der Waals surface area contributed by atoms with E-state index in [1.807, 2.05) is 0 Å². The number of carbonyl (C=O) groups excluding carboxylic acids is 2. The van der Waals surface area contributed by atoms with E-state index in [0.29, 0.717) is 16.9 Å². The van der Waals surface area contributed by atoms with E-state index < -0.39 is 11.6 Å². The highest BCUT2D eigenvalue weighted by molar-refractivity contribution is 5.92. The number of benzene rings is 2. The number of nitrogens with two attached hydrogens (primary N) is 1. The van der Waals surface area contributed by atoms with Gasteiger partial charge in [0.1, 0.15) is 17.7 Å². The van der Waals surface area contributed by atoms with Crippen LogP contribution < -0.4 is 16.0 Å². The molecule has 4 N–H and O–H groups in total. The molecule has 1 atom stereocenters. The van der Waals surface area contributed by atoms with Gasteiger partial charge < -0.3 is 16.0 Å². The molecule has 0 unspecified atom stereocenters. The second-order valence-corrected chi connectivity index (χ2v) is 5.70. The molecule has 0 aliphatic heterocycles. The Morgan fingerprint density at radius 1 is 1.04 bits per heavy atom. The summed E-state index contributed by atoms with van der Waals surface area (Å²) in [4.78, 5) is 22.9. The van der Waals surface area contributed by atoms with Crippen molar-refractivity contribution in [3.05, 3.63) is 59.7 Å². The van der Waals surface area contributed by atoms with E-state index >= 15 is 0 Å². The number of amides is 2. The first-order valence-corrected chi connectivity index (χ1v) is 7.81. The van der Waals surface area contributed by atoms with Gasteiger partial charge in [0.25, 0.3) is 5.91 Å². The molecule has 2 rings (SSSR count). The molecule has 2 aromatic rings. The lowest BCUT2D eigenvalue weighted by Crippen LogP contribution is -2.86. The van der Waals surface area contributed by atoms with Crippen LogP contribution in [0.1, 0.15) is 25.5 Å². The third-order valence-corrected chi connectivity index (χ3v) is 3.60. The fraction of sp³-hybridized carbons (Fsp3) is 0.222. The van der Waals surface area contributed by atoms with Gasteiger partial charge in [-0.2, -0.15) is 0 Å². The SMILES string of the molecule is CC(=O)Nc1ccc(NC(=O)C[NH2+][C@@H](C)c2ccc(F)cc2F)cc1. The van der Waals surface area contributed by atoms with Gasteiger partial charge in [-0.05, 0) is 43.3 Å². The number of hydrogen-bond acceptors (Lipinski definition) is 2. The minimum atomic E-state index is -0.631. The average Bonchev–Trinajstić information content (AvgIpc) is 2.54. The standard InChI is InChI=1S/C18H19F2N3O2/c1-11(16-8-3-13(19)9-17(16)20)21-10-18(25)23-15-6-4-14(5-7-15)22-12(2)24/h3-9,11,21H,10H2,1-2H3,(H,22,24)(H,23,25)/p+1/t11-/m0/s1. The molecule has 0 heterocycles. The average molecular weight is 348 g/mol. The Kier molecular flexibility index (Phi) is 6.19. The van der Waals surface area contributed by atoms with E-state index in [4.69, 9.17) is 0 Å². The monoisotopic (exact) mass is 348 g/mol. The van der Waals surface area contributed by atoms with Gasteiger partial charge in [-0.25, -0.2) is 8.78 Å². The number of carbonyl (C=O) groups is 2. The van der Waals surface area contributed by atoms with E-state index in [0.717, 1.165) is 6.07 Å². The Bertz CT molecular complexity index is 763. The normalized spacial score (nSPS) is 11.7. The Hall–Kier alpha value is -2.80. The first-order chi connectivity index (χ1) is 11.8. The molecule has 0 aromatic heterocycles. The fourth-order valence-electron chi connectivity index (χ4n) is 2.33. The summed E-state index contributed by atoms with van der Waals surface area (Å²) in [7, 11) is 0. The molecule has 0 fully saturated rings. The summed E-state index contributed by atoms with van der Waals surface area (Å²) in [5, 5.41) is 7.01. The third-order valence-electron chi connectivity index (χ3n) is 3.60. The van der Waals surface area contributed by atoms with Gasteiger partial charge in [0, 0.05) is 29.9 Å².